The van der Waals surface area contributed by atoms with Crippen molar-refractivity contribution in [3.8, 4) is 11.1 Å². The lowest BCUT2D eigenvalue weighted by molar-refractivity contribution is -0.136. The number of nitrogens with zero attached hydrogens (tertiary/aromatic N) is 6. The largest absolute Gasteiger partial charge is 0.371 e. The third-order valence-corrected chi connectivity index (χ3v) is 15.0. The molecular weight excluding hydrogens is 901 g/mol. The highest BCUT2D eigenvalue weighted by Crippen LogP contribution is 2.37. The van der Waals surface area contributed by atoms with Gasteiger partial charge in [0.1, 0.15) is 17.5 Å². The minimum Gasteiger partial charge on any atom is -0.371 e. The van der Waals surface area contributed by atoms with E-state index in [9.17, 15) is 37.2 Å². The first-order valence-electron chi connectivity index (χ1n) is 22.5. The van der Waals surface area contributed by atoms with Crippen LogP contribution >= 0.6 is 0 Å². The Bertz CT molecular complexity index is 2980. The number of hydrogen-bond donors (Lipinski definition) is 3. The first-order chi connectivity index (χ1) is 32.6. The maximum atomic E-state index is 15.6. The fourth-order valence-electron chi connectivity index (χ4n) is 9.44. The van der Waals surface area contributed by atoms with Crippen LogP contribution in [0.5, 0.6) is 0 Å². The number of rotatable bonds is 13. The summed E-state index contributed by atoms with van der Waals surface area (Å²) >= 11 is 0. The summed E-state index contributed by atoms with van der Waals surface area (Å²) < 4.78 is 58.9. The summed E-state index contributed by atoms with van der Waals surface area (Å²) in [6.45, 7) is 6.15. The smallest absolute Gasteiger partial charge is 0.301 e. The number of aromatic nitrogens is 2. The number of carbonyl (C=O) groups is 6. The molecule has 1 atom stereocenters. The number of halogens is 2. The first kappa shape index (κ1) is 46.2. The molecule has 0 saturated carbocycles. The number of piperidine rings is 2. The predicted octanol–water partition coefficient (Wildman–Crippen LogP) is 4.70. The number of carbonyl (C=O) groups excluding carboxylic acids is 6. The minimum atomic E-state index is -4.15. The van der Waals surface area contributed by atoms with Gasteiger partial charge in [0.05, 0.1) is 28.1 Å². The topological polar surface area (TPSA) is 206 Å². The molecule has 20 heteroatoms. The third kappa shape index (κ3) is 8.85. The van der Waals surface area contributed by atoms with E-state index < -0.39 is 68.5 Å². The molecule has 1 unspecified atom stereocenters. The fraction of sp³-hybridized carbons (Fsp3) is 0.354. The van der Waals surface area contributed by atoms with Crippen molar-refractivity contribution >= 4 is 67.9 Å². The summed E-state index contributed by atoms with van der Waals surface area (Å²) in [5, 5.41) is 2.56. The van der Waals surface area contributed by atoms with Crippen molar-refractivity contribution in [3.05, 3.63) is 113 Å². The SMILES string of the molecule is CCN(C)S(=O)(=O)Nc1ccc(F)c(C(=O)c2c[nH]c3ncc(-c4ccc(CN5CCN(C(=O)CC6CCN(c7cccc8c7C(=O)N(C7CCC(=O)NC7=O)C8=O)CC6)CC5)cc4)cc23)c1F. The van der Waals surface area contributed by atoms with Gasteiger partial charge in [-0.15, -0.1) is 0 Å². The number of nitrogens with one attached hydrogen (secondary N) is 3. The summed E-state index contributed by atoms with van der Waals surface area (Å²) in [6, 6.07) is 15.4. The monoisotopic (exact) mass is 949 g/mol. The van der Waals surface area contributed by atoms with E-state index in [4.69, 9.17) is 0 Å². The van der Waals surface area contributed by atoms with E-state index in [1.807, 2.05) is 35.2 Å². The van der Waals surface area contributed by atoms with Crippen molar-refractivity contribution in [2.75, 3.05) is 62.5 Å². The van der Waals surface area contributed by atoms with Crippen LogP contribution in [-0.2, 0) is 31.1 Å². The number of anilines is 2. The molecule has 0 spiro atoms. The number of fused-ring (bicyclic) bond motifs is 2. The van der Waals surface area contributed by atoms with Gasteiger partial charge in [0, 0.05) is 101 Å². The zero-order valence-corrected chi connectivity index (χ0v) is 38.2. The van der Waals surface area contributed by atoms with Gasteiger partial charge < -0.3 is 14.8 Å². The van der Waals surface area contributed by atoms with E-state index in [0.29, 0.717) is 74.5 Å². The van der Waals surface area contributed by atoms with Gasteiger partial charge in [0.25, 0.3) is 11.8 Å². The summed E-state index contributed by atoms with van der Waals surface area (Å²) in [7, 11) is -2.86. The Morgan fingerprint density at radius 2 is 1.63 bits per heavy atom. The second-order valence-corrected chi connectivity index (χ2v) is 19.4. The van der Waals surface area contributed by atoms with Gasteiger partial charge in [-0.2, -0.15) is 12.7 Å². The van der Waals surface area contributed by atoms with Gasteiger partial charge in [-0.3, -0.25) is 48.6 Å². The van der Waals surface area contributed by atoms with E-state index >= 15 is 8.78 Å². The van der Waals surface area contributed by atoms with Gasteiger partial charge in [0.15, 0.2) is 5.82 Å². The summed E-state index contributed by atoms with van der Waals surface area (Å²) in [5.41, 5.74) is 2.48. The predicted molar refractivity (Wildman–Crippen MR) is 247 cm³/mol. The Labute approximate surface area is 390 Å². The number of ketones is 1. The van der Waals surface area contributed by atoms with Gasteiger partial charge in [-0.25, -0.2) is 13.8 Å². The van der Waals surface area contributed by atoms with Gasteiger partial charge >= 0.3 is 10.2 Å². The zero-order chi connectivity index (χ0) is 48.0. The number of H-pyrrole nitrogens is 1. The molecule has 2 aromatic heterocycles. The first-order valence-corrected chi connectivity index (χ1v) is 24.0. The lowest BCUT2D eigenvalue weighted by Gasteiger charge is -2.37. The molecule has 0 radical (unpaired) electrons. The molecule has 6 heterocycles. The van der Waals surface area contributed by atoms with E-state index in [2.05, 4.69) is 29.8 Å². The highest BCUT2D eigenvalue weighted by molar-refractivity contribution is 7.90. The molecule has 5 aromatic rings. The molecule has 354 valence electrons. The normalized spacial score (nSPS) is 18.4. The molecule has 0 bridgehead atoms. The average Bonchev–Trinajstić information content (AvgIpc) is 3.87. The Morgan fingerprint density at radius 3 is 2.34 bits per heavy atom. The molecule has 17 nitrogen and oxygen atoms in total. The number of pyridine rings is 1. The maximum absolute atomic E-state index is 15.6. The Balaban J connectivity index is 0.771. The van der Waals surface area contributed by atoms with Crippen LogP contribution in [0.15, 0.2) is 73.1 Å². The highest BCUT2D eigenvalue weighted by atomic mass is 32.2. The van der Waals surface area contributed by atoms with Crippen LogP contribution in [0.4, 0.5) is 20.2 Å². The molecule has 4 aliphatic rings. The van der Waals surface area contributed by atoms with Crippen LogP contribution in [0.3, 0.4) is 0 Å². The fourth-order valence-corrected chi connectivity index (χ4v) is 10.4. The van der Waals surface area contributed by atoms with Gasteiger partial charge in [-0.05, 0) is 66.6 Å². The van der Waals surface area contributed by atoms with Crippen LogP contribution in [0.25, 0.3) is 22.2 Å². The number of benzene rings is 3. The van der Waals surface area contributed by atoms with Crippen molar-refractivity contribution in [1.82, 2.24) is 34.3 Å². The zero-order valence-electron chi connectivity index (χ0n) is 37.4. The van der Waals surface area contributed by atoms with Crippen LogP contribution in [-0.4, -0.2) is 132 Å². The molecule has 3 fully saturated rings. The van der Waals surface area contributed by atoms with Gasteiger partial charge in [-0.1, -0.05) is 37.3 Å². The summed E-state index contributed by atoms with van der Waals surface area (Å²) in [6.07, 6.45) is 4.97. The second kappa shape index (κ2) is 18.6. The molecule has 3 N–H and O–H groups in total. The molecular formula is C48H49F2N9O8S. The molecule has 0 aliphatic carbocycles. The maximum Gasteiger partial charge on any atom is 0.301 e. The molecule has 68 heavy (non-hydrogen) atoms. The Kier molecular flexibility index (Phi) is 12.7. The lowest BCUT2D eigenvalue weighted by atomic mass is 9.92. The van der Waals surface area contributed by atoms with Crippen molar-refractivity contribution in [3.63, 3.8) is 0 Å². The molecule has 4 aliphatic heterocycles. The number of amides is 5. The van der Waals surface area contributed by atoms with E-state index in [1.54, 1.807) is 31.3 Å². The average molecular weight is 950 g/mol. The van der Waals surface area contributed by atoms with E-state index in [1.165, 1.54) is 13.2 Å². The van der Waals surface area contributed by atoms with Crippen molar-refractivity contribution < 1.29 is 46.0 Å². The van der Waals surface area contributed by atoms with Crippen molar-refractivity contribution in [2.24, 2.45) is 5.92 Å². The van der Waals surface area contributed by atoms with Crippen molar-refractivity contribution in [1.29, 1.82) is 0 Å². The number of aromatic amines is 1. The number of imide groups is 2. The summed E-state index contributed by atoms with van der Waals surface area (Å²) in [5.74, 6) is -5.35. The highest BCUT2D eigenvalue weighted by Gasteiger charge is 2.46. The quantitative estimate of drug-likeness (QED) is 0.109. The number of piperazine rings is 1. The van der Waals surface area contributed by atoms with Crippen LogP contribution in [0, 0.1) is 17.6 Å². The third-order valence-electron chi connectivity index (χ3n) is 13.5. The Hall–Kier alpha value is -6.90. The molecule has 3 saturated heterocycles. The molecule has 9 rings (SSSR count). The molecule has 5 amide bonds. The van der Waals surface area contributed by atoms with Crippen LogP contribution in [0.1, 0.15) is 81.2 Å². The number of hydrogen-bond acceptors (Lipinski definition) is 11. The lowest BCUT2D eigenvalue weighted by Crippen LogP contribution is -2.54. The van der Waals surface area contributed by atoms with E-state index in [0.717, 1.165) is 45.3 Å². The standard InChI is InChI=1S/C48H49F2N9O8S/c1-3-55(2)68(66,67)54-36-12-11-35(49)42(43(36)50)44(62)34-26-52-45-33(34)24-31(25-51-45)30-9-7-29(8-10-30)27-56-19-21-58(22-20-56)40(61)23-28-15-17-57(18-16-28)37-6-4-5-32-41(37)48(65)59(47(32)64)38-13-14-39(60)53-46(38)63/h4-12,24-26,28,38,54H,3,13-23,27H2,1-2H3,(H,51,52)(H,53,60,63). The van der Waals surface area contributed by atoms with Gasteiger partial charge in [0.2, 0.25) is 23.5 Å². The Morgan fingerprint density at radius 1 is 0.897 bits per heavy atom. The molecule has 3 aromatic carbocycles. The second-order valence-electron chi connectivity index (χ2n) is 17.6. The summed E-state index contributed by atoms with van der Waals surface area (Å²) in [4.78, 5) is 93.0. The van der Waals surface area contributed by atoms with Crippen LogP contribution < -0.4 is 14.9 Å². The van der Waals surface area contributed by atoms with E-state index in [-0.39, 0.29) is 47.9 Å². The van der Waals surface area contributed by atoms with Crippen LogP contribution in [0.2, 0.25) is 0 Å². The van der Waals surface area contributed by atoms with Crippen molar-refractivity contribution in [2.45, 2.75) is 51.6 Å². The minimum absolute atomic E-state index is 0.0375.